The third-order valence-electron chi connectivity index (χ3n) is 9.07. The molecule has 220 valence electrons. The Kier molecular flexibility index (Phi) is 5.04. The summed E-state index contributed by atoms with van der Waals surface area (Å²) >= 11 is 10.2. The van der Waals surface area contributed by atoms with Crippen LogP contribution in [0.4, 0.5) is 16.2 Å². The van der Waals surface area contributed by atoms with Gasteiger partial charge in [-0.3, -0.25) is 18.9 Å². The van der Waals surface area contributed by atoms with Crippen molar-refractivity contribution in [3.05, 3.63) is 29.3 Å². The minimum absolute atomic E-state index is 0.0279. The van der Waals surface area contributed by atoms with Gasteiger partial charge in [-0.2, -0.15) is 4.98 Å². The highest BCUT2D eigenvalue weighted by atomic mass is 32.9. The van der Waals surface area contributed by atoms with E-state index < -0.39 is 53.3 Å². The van der Waals surface area contributed by atoms with Gasteiger partial charge in [0.05, 0.1) is 31.3 Å². The fourth-order valence-electron chi connectivity index (χ4n) is 7.25. The van der Waals surface area contributed by atoms with Gasteiger partial charge >= 0.3 is 0 Å². The third kappa shape index (κ3) is 3.17. The molecule has 0 aromatic carbocycles. The average Bonchev–Trinajstić information content (AvgIpc) is 3.53. The molecule has 5 N–H and O–H groups in total. The van der Waals surface area contributed by atoms with Crippen molar-refractivity contribution < 1.29 is 27.6 Å². The molecular weight excluding hydrogens is 614 g/mol. The lowest BCUT2D eigenvalue weighted by atomic mass is 9.95. The number of nitrogen functional groups attached to an aromatic ring is 2. The van der Waals surface area contributed by atoms with E-state index in [1.54, 1.807) is 10.9 Å². The zero-order chi connectivity index (χ0) is 28.8. The van der Waals surface area contributed by atoms with E-state index in [0.717, 1.165) is 0 Å². The monoisotopic (exact) mass is 636 g/mol. The first-order valence-electron chi connectivity index (χ1n) is 13.1. The van der Waals surface area contributed by atoms with Crippen molar-refractivity contribution in [1.82, 2.24) is 39.0 Å². The Bertz CT molecular complexity index is 1930. The van der Waals surface area contributed by atoms with Crippen LogP contribution in [0.5, 0.6) is 0 Å². The van der Waals surface area contributed by atoms with Gasteiger partial charge < -0.3 is 34.7 Å². The van der Waals surface area contributed by atoms with Crippen molar-refractivity contribution in [2.75, 3.05) is 18.1 Å². The molecule has 0 amide bonds. The van der Waals surface area contributed by atoms with Crippen LogP contribution in [0.3, 0.4) is 0 Å². The van der Waals surface area contributed by atoms with Crippen LogP contribution < -0.4 is 17.0 Å². The molecule has 5 aliphatic rings. The number of hydrogen-bond acceptors (Lipinski definition) is 14. The molecule has 20 heteroatoms. The van der Waals surface area contributed by atoms with Gasteiger partial charge in [0, 0.05) is 0 Å². The highest BCUT2D eigenvalue weighted by molar-refractivity contribution is 8.60. The van der Waals surface area contributed by atoms with Gasteiger partial charge in [0.2, 0.25) is 11.6 Å². The maximum atomic E-state index is 16.0. The first kappa shape index (κ1) is 25.7. The number of alkyl halides is 1. The fraction of sp³-hybridized carbons (Fsp3) is 0.545. The van der Waals surface area contributed by atoms with Crippen LogP contribution in [0.15, 0.2) is 23.8 Å². The average molecular weight is 637 g/mol. The van der Waals surface area contributed by atoms with Crippen LogP contribution in [-0.2, 0) is 35.1 Å². The molecule has 8 heterocycles. The summed E-state index contributed by atoms with van der Waals surface area (Å²) in [6.45, 7) is 0.0382. The molecule has 4 saturated heterocycles. The van der Waals surface area contributed by atoms with Gasteiger partial charge in [0.25, 0.3) is 5.56 Å². The molecule has 2 spiro atoms. The summed E-state index contributed by atoms with van der Waals surface area (Å²) in [6, 6.07) is 0. The number of nitrogens with two attached hydrogens (primary N) is 2. The highest BCUT2D eigenvalue weighted by Crippen LogP contribution is 2.80. The second-order valence-electron chi connectivity index (χ2n) is 11.1. The molecule has 4 aromatic heterocycles. The van der Waals surface area contributed by atoms with E-state index in [2.05, 4.69) is 42.2 Å². The Hall–Kier alpha value is -2.77. The molecule has 4 aliphatic heterocycles. The number of imidazole rings is 2. The van der Waals surface area contributed by atoms with Gasteiger partial charge in [-0.05, 0) is 24.6 Å². The van der Waals surface area contributed by atoms with Crippen LogP contribution in [-0.4, -0.2) is 81.3 Å². The summed E-state index contributed by atoms with van der Waals surface area (Å²) in [4.78, 5) is 35.7. The Balaban J connectivity index is 1.04. The lowest BCUT2D eigenvalue weighted by Crippen LogP contribution is -2.51. The maximum Gasteiger partial charge on any atom is 0.280 e. The highest BCUT2D eigenvalue weighted by Gasteiger charge is 2.94. The normalized spacial score (nSPS) is 42.2. The van der Waals surface area contributed by atoms with Crippen LogP contribution in [0, 0.1) is 5.92 Å². The number of H-pyrrole nitrogens is 1. The van der Waals surface area contributed by atoms with E-state index >= 15 is 4.39 Å². The van der Waals surface area contributed by atoms with Gasteiger partial charge in [0.1, 0.15) is 35.3 Å². The molecule has 42 heavy (non-hydrogen) atoms. The fourth-order valence-corrected chi connectivity index (χ4v) is 9.15. The smallest absolute Gasteiger partial charge is 0.280 e. The van der Waals surface area contributed by atoms with Crippen molar-refractivity contribution in [1.29, 1.82) is 0 Å². The number of halogens is 1. The van der Waals surface area contributed by atoms with Crippen LogP contribution in [0.25, 0.3) is 22.3 Å². The molecule has 0 radical (unpaired) electrons. The molecule has 5 fully saturated rings. The number of ether oxygens (including phenoxy) is 3. The van der Waals surface area contributed by atoms with Crippen LogP contribution >= 0.6 is 17.9 Å². The number of nitrogens with zero attached hydrogens (tertiary/aromatic N) is 7. The zero-order valence-corrected chi connectivity index (χ0v) is 23.9. The van der Waals surface area contributed by atoms with Crippen molar-refractivity contribution in [3.63, 3.8) is 0 Å². The molecule has 16 nitrogen and oxygen atoms in total. The molecule has 1 saturated carbocycles. The molecular formula is C22H22FN10O6PS2. The minimum atomic E-state index is -3.36. The summed E-state index contributed by atoms with van der Waals surface area (Å²) in [7, 11) is 0. The quantitative estimate of drug-likeness (QED) is 0.177. The standard InChI is InChI=1S/C22H22FN10O6PS2/c23-8-7-1-2-21-13-12(37-21)19(32-5-28-9-14(24)26-4-27-15(9)32)38-22(13,21)3-35-40(41,42)39-11(8)18(36-7)33-6-29-10-16(33)30-20(25)31-17(10)34/h4-8,11-13,18-19H,1-3H2,(H,41,42)(H2,24,26,27)(H3,25,30,31,34)/t7?,8-,11+,12+,13+,18+,19+,21?,22?/m0/s1. The van der Waals surface area contributed by atoms with E-state index in [4.69, 9.17) is 46.5 Å². The summed E-state index contributed by atoms with van der Waals surface area (Å²) in [5.41, 5.74) is 7.43. The number of nitrogens with one attached hydrogen (secondary N) is 1. The predicted octanol–water partition coefficient (Wildman–Crippen LogP) is 0.744. The topological polar surface area (TPSA) is 205 Å². The number of anilines is 2. The van der Waals surface area contributed by atoms with Gasteiger partial charge in [-0.25, -0.2) is 24.3 Å². The van der Waals surface area contributed by atoms with Crippen molar-refractivity contribution in [2.45, 2.75) is 61.0 Å². The Morgan fingerprint density at radius 1 is 1.07 bits per heavy atom. The van der Waals surface area contributed by atoms with E-state index in [-0.39, 0.29) is 41.6 Å². The van der Waals surface area contributed by atoms with E-state index in [1.165, 1.54) is 17.2 Å². The second kappa shape index (κ2) is 8.23. The second-order valence-corrected chi connectivity index (χ2v) is 16.3. The lowest BCUT2D eigenvalue weighted by Gasteiger charge is -2.43. The number of fused-ring (bicyclic) bond motifs is 4. The zero-order valence-electron chi connectivity index (χ0n) is 21.3. The Morgan fingerprint density at radius 3 is 2.69 bits per heavy atom. The summed E-state index contributed by atoms with van der Waals surface area (Å²) < 4.78 is 50.8. The summed E-state index contributed by atoms with van der Waals surface area (Å²) in [5.74, 6) is 0.102. The number of rotatable bonds is 2. The van der Waals surface area contributed by atoms with Gasteiger partial charge in [0.15, 0.2) is 41.3 Å². The molecule has 2 bridgehead atoms. The molecule has 9 rings (SSSR count). The largest absolute Gasteiger partial charge is 0.382 e. The molecule has 4 aromatic rings. The Labute approximate surface area is 244 Å². The number of hydrogen-bond donors (Lipinski definition) is 4. The Morgan fingerprint density at radius 2 is 1.86 bits per heavy atom. The SMILES string of the molecule is Nc1nc2c(ncn2[C@@H]2OC3CCC45O[C@@H]6[C@H]4C5(COP(=S)(S)O[C@@H]2[C@H]3F)O[C@H]6n2cnc3c(N)ncnc32)c(=O)[nH]1. The van der Waals surface area contributed by atoms with Crippen molar-refractivity contribution in [2.24, 2.45) is 5.92 Å². The van der Waals surface area contributed by atoms with Crippen molar-refractivity contribution >= 4 is 63.8 Å². The summed E-state index contributed by atoms with van der Waals surface area (Å²) in [6.07, 6.45) is -0.560. The predicted molar refractivity (Wildman–Crippen MR) is 148 cm³/mol. The van der Waals surface area contributed by atoms with Crippen LogP contribution in [0.1, 0.15) is 25.3 Å². The third-order valence-corrected chi connectivity index (χ3v) is 11.2. The summed E-state index contributed by atoms with van der Waals surface area (Å²) in [5, 5.41) is 0. The maximum absolute atomic E-state index is 16.0. The van der Waals surface area contributed by atoms with Crippen LogP contribution in [0.2, 0.25) is 0 Å². The van der Waals surface area contributed by atoms with E-state index in [0.29, 0.717) is 24.0 Å². The van der Waals surface area contributed by atoms with Gasteiger partial charge in [-0.15, -0.1) is 0 Å². The number of thiol groups is 1. The van der Waals surface area contributed by atoms with E-state index in [9.17, 15) is 4.79 Å². The molecule has 1 aliphatic carbocycles. The van der Waals surface area contributed by atoms with E-state index in [1.807, 2.05) is 0 Å². The first-order chi connectivity index (χ1) is 20.1. The van der Waals surface area contributed by atoms with Gasteiger partial charge in [-0.1, -0.05) is 12.2 Å². The number of aromatic nitrogens is 8. The molecule has 4 unspecified atom stereocenters. The number of aromatic amines is 1. The minimum Gasteiger partial charge on any atom is -0.382 e. The lowest BCUT2D eigenvalue weighted by molar-refractivity contribution is -0.261. The first-order valence-corrected chi connectivity index (χ1v) is 16.9. The van der Waals surface area contributed by atoms with Crippen molar-refractivity contribution in [3.8, 4) is 0 Å². The molecule has 10 atom stereocenters.